The average Bonchev–Trinajstić information content (AvgIpc) is 2.75. The fraction of sp³-hybridized carbons (Fsp3) is 0.348. The molecule has 1 aliphatic rings. The first-order valence-electron chi connectivity index (χ1n) is 10.0. The van der Waals surface area contributed by atoms with Gasteiger partial charge in [0.2, 0.25) is 5.91 Å². The first-order chi connectivity index (χ1) is 14.4. The Morgan fingerprint density at radius 1 is 0.967 bits per heavy atom. The standard InChI is InChI=1S/C20H20Cl3N3O.C3H8/c1-14(16-4-2-3-5-17(16)21)24-13-20(27)26-10-8-25(9-11-26)15-6-7-18(22)19(23)12-15;1-3-2/h2-7,12,24H,1,8-11,13H2;3H2,1-2H3. The highest BCUT2D eigenvalue weighted by molar-refractivity contribution is 6.42. The lowest BCUT2D eigenvalue weighted by atomic mass is 10.2. The van der Waals surface area contributed by atoms with E-state index in [1.54, 1.807) is 12.1 Å². The number of nitrogens with zero attached hydrogens (tertiary/aromatic N) is 2. The van der Waals surface area contributed by atoms with Gasteiger partial charge in [0.05, 0.1) is 16.6 Å². The van der Waals surface area contributed by atoms with Crippen molar-refractivity contribution in [3.8, 4) is 0 Å². The highest BCUT2D eigenvalue weighted by Crippen LogP contribution is 2.27. The number of anilines is 1. The summed E-state index contributed by atoms with van der Waals surface area (Å²) in [4.78, 5) is 16.5. The Hall–Kier alpha value is -1.88. The Kier molecular flexibility index (Phi) is 9.83. The number of hydrogen-bond acceptors (Lipinski definition) is 3. The number of hydrogen-bond donors (Lipinski definition) is 1. The van der Waals surface area contributed by atoms with Crippen LogP contribution in [0.2, 0.25) is 15.1 Å². The summed E-state index contributed by atoms with van der Waals surface area (Å²) in [6.45, 7) is 11.2. The van der Waals surface area contributed by atoms with Crippen LogP contribution in [0, 0.1) is 0 Å². The molecule has 2 aromatic carbocycles. The van der Waals surface area contributed by atoms with Gasteiger partial charge in [0.25, 0.3) is 0 Å². The fourth-order valence-electron chi connectivity index (χ4n) is 2.99. The van der Waals surface area contributed by atoms with E-state index in [4.69, 9.17) is 34.8 Å². The lowest BCUT2D eigenvalue weighted by molar-refractivity contribution is -0.130. The minimum atomic E-state index is 0.0389. The van der Waals surface area contributed by atoms with Crippen LogP contribution >= 0.6 is 34.8 Å². The summed E-state index contributed by atoms with van der Waals surface area (Å²) in [6.07, 6.45) is 1.25. The van der Waals surface area contributed by atoms with Crippen molar-refractivity contribution in [3.63, 3.8) is 0 Å². The van der Waals surface area contributed by atoms with Crippen LogP contribution in [0.3, 0.4) is 0 Å². The van der Waals surface area contributed by atoms with Crippen LogP contribution in [0.1, 0.15) is 25.8 Å². The zero-order chi connectivity index (χ0) is 22.1. The molecule has 30 heavy (non-hydrogen) atoms. The molecule has 1 fully saturated rings. The molecular formula is C23H28Cl3N3O. The van der Waals surface area contributed by atoms with Gasteiger partial charge in [-0.2, -0.15) is 0 Å². The normalized spacial score (nSPS) is 13.4. The molecule has 1 amide bonds. The third kappa shape index (κ3) is 6.83. The molecule has 1 N–H and O–H groups in total. The molecule has 162 valence electrons. The molecule has 0 radical (unpaired) electrons. The van der Waals surface area contributed by atoms with Crippen LogP contribution in [0.4, 0.5) is 5.69 Å². The van der Waals surface area contributed by atoms with Crippen molar-refractivity contribution < 1.29 is 4.79 Å². The van der Waals surface area contributed by atoms with Gasteiger partial charge in [0.15, 0.2) is 0 Å². The predicted octanol–water partition coefficient (Wildman–Crippen LogP) is 5.97. The van der Waals surface area contributed by atoms with Crippen molar-refractivity contribution in [2.24, 2.45) is 0 Å². The summed E-state index contributed by atoms with van der Waals surface area (Å²) in [7, 11) is 0. The number of nitrogens with one attached hydrogen (secondary N) is 1. The number of carbonyl (C=O) groups is 1. The maximum atomic E-state index is 12.5. The molecule has 0 aliphatic carbocycles. The molecule has 1 aliphatic heterocycles. The Morgan fingerprint density at radius 2 is 1.60 bits per heavy atom. The van der Waals surface area contributed by atoms with Crippen LogP contribution in [-0.4, -0.2) is 43.5 Å². The minimum absolute atomic E-state index is 0.0389. The Labute approximate surface area is 194 Å². The third-order valence-corrected chi connectivity index (χ3v) is 5.62. The van der Waals surface area contributed by atoms with Gasteiger partial charge >= 0.3 is 0 Å². The number of rotatable bonds is 5. The Morgan fingerprint density at radius 3 is 2.20 bits per heavy atom. The Bertz CT molecular complexity index is 865. The molecule has 2 aromatic rings. The monoisotopic (exact) mass is 467 g/mol. The number of halogens is 3. The van der Waals surface area contributed by atoms with E-state index < -0.39 is 0 Å². The fourth-order valence-corrected chi connectivity index (χ4v) is 3.53. The molecule has 0 unspecified atom stereocenters. The number of carbonyl (C=O) groups excluding carboxylic acids is 1. The highest BCUT2D eigenvalue weighted by Gasteiger charge is 2.21. The Balaban J connectivity index is 0.00000101. The minimum Gasteiger partial charge on any atom is -0.376 e. The van der Waals surface area contributed by atoms with E-state index >= 15 is 0 Å². The molecule has 0 saturated carbocycles. The molecule has 7 heteroatoms. The van der Waals surface area contributed by atoms with Crippen molar-refractivity contribution in [3.05, 3.63) is 69.7 Å². The van der Waals surface area contributed by atoms with Crippen molar-refractivity contribution in [2.45, 2.75) is 20.3 Å². The summed E-state index contributed by atoms with van der Waals surface area (Å²) in [5, 5.41) is 4.76. The van der Waals surface area contributed by atoms with Crippen molar-refractivity contribution in [2.75, 3.05) is 37.6 Å². The molecule has 1 heterocycles. The zero-order valence-corrected chi connectivity index (χ0v) is 19.7. The van der Waals surface area contributed by atoms with E-state index in [9.17, 15) is 4.79 Å². The second-order valence-corrected chi connectivity index (χ2v) is 8.21. The van der Waals surface area contributed by atoms with Gasteiger partial charge in [-0.05, 0) is 24.3 Å². The van der Waals surface area contributed by atoms with Crippen LogP contribution < -0.4 is 10.2 Å². The molecule has 3 rings (SSSR count). The largest absolute Gasteiger partial charge is 0.376 e. The number of amides is 1. The van der Waals surface area contributed by atoms with E-state index in [2.05, 4.69) is 30.6 Å². The van der Waals surface area contributed by atoms with Gasteiger partial charge in [-0.15, -0.1) is 0 Å². The van der Waals surface area contributed by atoms with E-state index in [-0.39, 0.29) is 12.5 Å². The molecule has 0 bridgehead atoms. The lowest BCUT2D eigenvalue weighted by Crippen LogP contribution is -2.50. The molecule has 0 atom stereocenters. The maximum Gasteiger partial charge on any atom is 0.241 e. The van der Waals surface area contributed by atoms with Crippen LogP contribution in [0.5, 0.6) is 0 Å². The SMILES string of the molecule is C=C(NCC(=O)N1CCN(c2ccc(Cl)c(Cl)c2)CC1)c1ccccc1Cl.CCC. The third-order valence-electron chi connectivity index (χ3n) is 4.55. The first-order valence-corrected chi connectivity index (χ1v) is 11.2. The molecule has 4 nitrogen and oxygen atoms in total. The summed E-state index contributed by atoms with van der Waals surface area (Å²) in [5.74, 6) is 0.0389. The highest BCUT2D eigenvalue weighted by atomic mass is 35.5. The van der Waals surface area contributed by atoms with Gasteiger partial charge in [-0.3, -0.25) is 4.79 Å². The molecular weight excluding hydrogens is 441 g/mol. The van der Waals surface area contributed by atoms with Gasteiger partial charge < -0.3 is 15.1 Å². The van der Waals surface area contributed by atoms with E-state index in [0.29, 0.717) is 33.9 Å². The summed E-state index contributed by atoms with van der Waals surface area (Å²) >= 11 is 18.2. The maximum absolute atomic E-state index is 12.5. The van der Waals surface area contributed by atoms with E-state index in [1.165, 1.54) is 6.42 Å². The second kappa shape index (κ2) is 12.1. The number of piperazine rings is 1. The topological polar surface area (TPSA) is 35.6 Å². The average molecular weight is 469 g/mol. The lowest BCUT2D eigenvalue weighted by Gasteiger charge is -2.36. The van der Waals surface area contributed by atoms with Gasteiger partial charge in [-0.25, -0.2) is 0 Å². The van der Waals surface area contributed by atoms with Crippen molar-refractivity contribution in [1.29, 1.82) is 0 Å². The van der Waals surface area contributed by atoms with Gasteiger partial charge in [0.1, 0.15) is 0 Å². The van der Waals surface area contributed by atoms with Gasteiger partial charge in [-0.1, -0.05) is 79.8 Å². The van der Waals surface area contributed by atoms with Crippen LogP contribution in [0.25, 0.3) is 5.70 Å². The van der Waals surface area contributed by atoms with Crippen LogP contribution in [-0.2, 0) is 4.79 Å². The first kappa shape index (κ1) is 24.4. The van der Waals surface area contributed by atoms with E-state index in [1.807, 2.05) is 35.2 Å². The predicted molar refractivity (Wildman–Crippen MR) is 130 cm³/mol. The quantitative estimate of drug-likeness (QED) is 0.587. The molecule has 1 saturated heterocycles. The van der Waals surface area contributed by atoms with Crippen molar-refractivity contribution >= 4 is 52.1 Å². The number of benzene rings is 2. The summed E-state index contributed by atoms with van der Waals surface area (Å²) < 4.78 is 0. The van der Waals surface area contributed by atoms with Crippen molar-refractivity contribution in [1.82, 2.24) is 10.2 Å². The zero-order valence-electron chi connectivity index (χ0n) is 17.4. The van der Waals surface area contributed by atoms with E-state index in [0.717, 1.165) is 24.3 Å². The smallest absolute Gasteiger partial charge is 0.241 e. The molecule has 0 spiro atoms. The summed E-state index contributed by atoms with van der Waals surface area (Å²) in [5.41, 5.74) is 2.46. The molecule has 0 aromatic heterocycles. The van der Waals surface area contributed by atoms with Gasteiger partial charge in [0, 0.05) is 48.1 Å². The summed E-state index contributed by atoms with van der Waals surface area (Å²) in [6, 6.07) is 13.0. The van der Waals surface area contributed by atoms with Crippen LogP contribution in [0.15, 0.2) is 49.0 Å². The second-order valence-electron chi connectivity index (χ2n) is 6.99.